The van der Waals surface area contributed by atoms with Crippen LogP contribution in [0.15, 0.2) is 53.1 Å². The van der Waals surface area contributed by atoms with Crippen molar-refractivity contribution in [3.63, 3.8) is 0 Å². The molecule has 7 rings (SSSR count). The van der Waals surface area contributed by atoms with Crippen LogP contribution in [0.5, 0.6) is 5.75 Å². The smallest absolute Gasteiger partial charge is 0.238 e. The first-order valence-electron chi connectivity index (χ1n) is 14.9. The maximum absolute atomic E-state index is 13.1. The average Bonchev–Trinajstić information content (AvgIpc) is 3.53. The van der Waals surface area contributed by atoms with Crippen LogP contribution < -0.4 is 15.4 Å². The van der Waals surface area contributed by atoms with Crippen LogP contribution >= 0.6 is 0 Å². The number of aromatic amines is 1. The van der Waals surface area contributed by atoms with E-state index in [0.29, 0.717) is 24.2 Å². The number of carbonyl (C=O) groups excluding carboxylic acids is 1. The van der Waals surface area contributed by atoms with Crippen molar-refractivity contribution in [1.29, 1.82) is 0 Å². The molecule has 3 aromatic carbocycles. The summed E-state index contributed by atoms with van der Waals surface area (Å²) in [6.07, 6.45) is 0. The standard InChI is InChI=1S/C34H35N7O3/c1-18-16-41(13-12-35-18)17-30(42)38-27-11-10-24(22-8-6-7-9-23(22)27)33-32-25-15-29(43-5)26(31-19(2)40-44-20(31)3)14-28(25)39-34(32)37-21(4)36-33/h6-11,14-15,18,35H,12-13,16-17H2,1-5H3,(H,38,42)(H,36,37,39). The predicted octanol–water partition coefficient (Wildman–Crippen LogP) is 5.75. The number of nitrogens with one attached hydrogen (secondary N) is 3. The average molecular weight is 590 g/mol. The molecule has 1 aliphatic heterocycles. The largest absolute Gasteiger partial charge is 0.496 e. The Morgan fingerprint density at radius 2 is 1.89 bits per heavy atom. The van der Waals surface area contributed by atoms with Crippen molar-refractivity contribution in [3.05, 3.63) is 65.8 Å². The second-order valence-corrected chi connectivity index (χ2v) is 11.6. The van der Waals surface area contributed by atoms with Crippen LogP contribution in [-0.2, 0) is 4.79 Å². The topological polar surface area (TPSA) is 121 Å². The minimum Gasteiger partial charge on any atom is -0.496 e. The Bertz CT molecular complexity index is 2040. The molecule has 1 aliphatic rings. The number of H-pyrrole nitrogens is 1. The number of piperazine rings is 1. The third-order valence-electron chi connectivity index (χ3n) is 8.46. The lowest BCUT2D eigenvalue weighted by Crippen LogP contribution is -2.51. The number of nitrogens with zero attached hydrogens (tertiary/aromatic N) is 4. The van der Waals surface area contributed by atoms with Crippen LogP contribution in [0.2, 0.25) is 0 Å². The molecule has 1 fully saturated rings. The second kappa shape index (κ2) is 11.0. The highest BCUT2D eigenvalue weighted by atomic mass is 16.5. The highest BCUT2D eigenvalue weighted by molar-refractivity contribution is 6.17. The SMILES string of the molecule is COc1cc2c(cc1-c1c(C)noc1C)[nH]c1nc(C)nc(-c3ccc(NC(=O)CN4CCNC(C)C4)c4ccccc34)c12. The molecule has 1 unspecified atom stereocenters. The van der Waals surface area contributed by atoms with Crippen molar-refractivity contribution in [2.45, 2.75) is 33.7 Å². The lowest BCUT2D eigenvalue weighted by Gasteiger charge is -2.31. The summed E-state index contributed by atoms with van der Waals surface area (Å²) in [5.74, 6) is 2.08. The van der Waals surface area contributed by atoms with Gasteiger partial charge in [-0.1, -0.05) is 35.5 Å². The molecule has 44 heavy (non-hydrogen) atoms. The van der Waals surface area contributed by atoms with Crippen LogP contribution in [0.4, 0.5) is 5.69 Å². The molecule has 0 radical (unpaired) electrons. The number of amides is 1. The number of carbonyl (C=O) groups is 1. The van der Waals surface area contributed by atoms with Crippen molar-refractivity contribution in [2.75, 3.05) is 38.6 Å². The first kappa shape index (κ1) is 28.0. The monoisotopic (exact) mass is 589 g/mol. The summed E-state index contributed by atoms with van der Waals surface area (Å²) in [6, 6.07) is 16.6. The number of methoxy groups -OCH3 is 1. The third kappa shape index (κ3) is 4.86. The third-order valence-corrected chi connectivity index (χ3v) is 8.46. The van der Waals surface area contributed by atoms with Crippen LogP contribution in [-0.4, -0.2) is 70.2 Å². The molecule has 0 saturated carbocycles. The molecular weight excluding hydrogens is 554 g/mol. The molecule has 1 atom stereocenters. The number of rotatable bonds is 6. The molecule has 0 spiro atoms. The summed E-state index contributed by atoms with van der Waals surface area (Å²) in [5, 5.41) is 14.6. The van der Waals surface area contributed by atoms with Gasteiger partial charge in [-0.2, -0.15) is 0 Å². The van der Waals surface area contributed by atoms with E-state index in [1.165, 1.54) is 0 Å². The first-order valence-corrected chi connectivity index (χ1v) is 14.9. The molecule has 10 heteroatoms. The zero-order valence-electron chi connectivity index (χ0n) is 25.5. The van der Waals surface area contributed by atoms with E-state index in [1.54, 1.807) is 7.11 Å². The molecule has 1 saturated heterocycles. The van der Waals surface area contributed by atoms with Gasteiger partial charge in [-0.05, 0) is 51.3 Å². The molecule has 224 valence electrons. The fraction of sp³-hybridized carbons (Fsp3) is 0.294. The molecule has 3 N–H and O–H groups in total. The summed E-state index contributed by atoms with van der Waals surface area (Å²) in [5.41, 5.74) is 6.82. The predicted molar refractivity (Wildman–Crippen MR) is 173 cm³/mol. The van der Waals surface area contributed by atoms with Gasteiger partial charge in [0.05, 0.1) is 36.0 Å². The minimum atomic E-state index is -0.0184. The van der Waals surface area contributed by atoms with Crippen LogP contribution in [0.25, 0.3) is 55.1 Å². The molecule has 6 aromatic rings. The van der Waals surface area contributed by atoms with Gasteiger partial charge in [0.25, 0.3) is 0 Å². The van der Waals surface area contributed by atoms with Crippen molar-refractivity contribution < 1.29 is 14.1 Å². The number of ether oxygens (including phenoxy) is 1. The van der Waals surface area contributed by atoms with Crippen molar-refractivity contribution >= 4 is 44.3 Å². The summed E-state index contributed by atoms with van der Waals surface area (Å²) in [4.78, 5) is 28.6. The van der Waals surface area contributed by atoms with E-state index in [9.17, 15) is 4.79 Å². The number of hydrogen-bond acceptors (Lipinski definition) is 8. The highest BCUT2D eigenvalue weighted by Gasteiger charge is 2.23. The Morgan fingerprint density at radius 1 is 1.07 bits per heavy atom. The van der Waals surface area contributed by atoms with E-state index >= 15 is 0 Å². The molecule has 3 aromatic heterocycles. The maximum Gasteiger partial charge on any atom is 0.238 e. The molecule has 0 bridgehead atoms. The second-order valence-electron chi connectivity index (χ2n) is 11.6. The molecule has 0 aliphatic carbocycles. The van der Waals surface area contributed by atoms with E-state index in [2.05, 4.69) is 44.7 Å². The minimum absolute atomic E-state index is 0.0184. The lowest BCUT2D eigenvalue weighted by molar-refractivity contribution is -0.117. The van der Waals surface area contributed by atoms with Gasteiger partial charge in [0.15, 0.2) is 0 Å². The van der Waals surface area contributed by atoms with Gasteiger partial charge in [0, 0.05) is 58.8 Å². The van der Waals surface area contributed by atoms with E-state index < -0.39 is 0 Å². The number of aromatic nitrogens is 4. The summed E-state index contributed by atoms with van der Waals surface area (Å²) >= 11 is 0. The van der Waals surface area contributed by atoms with E-state index in [-0.39, 0.29) is 5.91 Å². The molecule has 1 amide bonds. The zero-order valence-corrected chi connectivity index (χ0v) is 25.5. The fourth-order valence-electron chi connectivity index (χ4n) is 6.53. The van der Waals surface area contributed by atoms with Gasteiger partial charge in [-0.3, -0.25) is 9.69 Å². The Kier molecular flexibility index (Phi) is 7.02. The van der Waals surface area contributed by atoms with Gasteiger partial charge in [0.2, 0.25) is 5.91 Å². The Balaban J connectivity index is 1.34. The maximum atomic E-state index is 13.1. The van der Waals surface area contributed by atoms with E-state index in [4.69, 9.17) is 19.2 Å². The van der Waals surface area contributed by atoms with E-state index in [0.717, 1.165) is 91.9 Å². The van der Waals surface area contributed by atoms with Crippen LogP contribution in [0.1, 0.15) is 24.2 Å². The van der Waals surface area contributed by atoms with Crippen molar-refractivity contribution in [1.82, 2.24) is 30.3 Å². The molecule has 10 nitrogen and oxygen atoms in total. The Morgan fingerprint density at radius 3 is 2.64 bits per heavy atom. The summed E-state index contributed by atoms with van der Waals surface area (Å²) in [7, 11) is 1.67. The number of anilines is 1. The van der Waals surface area contributed by atoms with Crippen molar-refractivity contribution in [2.24, 2.45) is 0 Å². The summed E-state index contributed by atoms with van der Waals surface area (Å²) in [6.45, 7) is 10.8. The fourth-order valence-corrected chi connectivity index (χ4v) is 6.53. The van der Waals surface area contributed by atoms with Crippen molar-refractivity contribution in [3.8, 4) is 28.1 Å². The van der Waals surface area contributed by atoms with Gasteiger partial charge >= 0.3 is 0 Å². The first-order chi connectivity index (χ1) is 21.3. The van der Waals surface area contributed by atoms with Crippen LogP contribution in [0, 0.1) is 20.8 Å². The van der Waals surface area contributed by atoms with Gasteiger partial charge < -0.3 is 24.9 Å². The number of aryl methyl sites for hydroxylation is 3. The number of hydrogen-bond donors (Lipinski definition) is 3. The Labute approximate surface area is 254 Å². The molecule has 4 heterocycles. The normalized spacial score (nSPS) is 15.8. The Hall–Kier alpha value is -4.80. The molecular formula is C34H35N7O3. The highest BCUT2D eigenvalue weighted by Crippen LogP contribution is 2.42. The van der Waals surface area contributed by atoms with Gasteiger partial charge in [-0.25, -0.2) is 9.97 Å². The number of fused-ring (bicyclic) bond motifs is 4. The number of benzene rings is 3. The zero-order chi connectivity index (χ0) is 30.5. The summed E-state index contributed by atoms with van der Waals surface area (Å²) < 4.78 is 11.3. The van der Waals surface area contributed by atoms with Gasteiger partial charge in [0.1, 0.15) is 23.0 Å². The van der Waals surface area contributed by atoms with E-state index in [1.807, 2.05) is 57.2 Å². The lowest BCUT2D eigenvalue weighted by atomic mass is 9.97. The quantitative estimate of drug-likeness (QED) is 0.225. The van der Waals surface area contributed by atoms with Crippen LogP contribution in [0.3, 0.4) is 0 Å². The van der Waals surface area contributed by atoms with Gasteiger partial charge in [-0.15, -0.1) is 0 Å².